The lowest BCUT2D eigenvalue weighted by molar-refractivity contribution is -0.275. The fourth-order valence-electron chi connectivity index (χ4n) is 2.93. The minimum atomic E-state index is -4.82. The predicted octanol–water partition coefficient (Wildman–Crippen LogP) is 4.13. The summed E-state index contributed by atoms with van der Waals surface area (Å²) in [5.41, 5.74) is 0.488. The average molecular weight is 405 g/mol. The lowest BCUT2D eigenvalue weighted by atomic mass is 9.94. The Morgan fingerprint density at radius 2 is 1.80 bits per heavy atom. The first-order chi connectivity index (χ1) is 10.8. The van der Waals surface area contributed by atoms with Crippen LogP contribution < -0.4 is 10.1 Å². The van der Waals surface area contributed by atoms with Crippen molar-refractivity contribution in [1.82, 2.24) is 10.2 Å². The van der Waals surface area contributed by atoms with Gasteiger partial charge in [-0.05, 0) is 18.4 Å². The molecule has 0 aliphatic carbocycles. The van der Waals surface area contributed by atoms with Crippen LogP contribution in [0.4, 0.5) is 13.2 Å². The molecule has 2 rings (SSSR count). The Morgan fingerprint density at radius 3 is 2.32 bits per heavy atom. The SMILES string of the molecule is CC(C)C[C@@H](c1cccc(OC(F)(F)F)c1O)N1CCNCC1.Cl.Cl. The highest BCUT2D eigenvalue weighted by atomic mass is 35.5. The number of halogens is 5. The number of aromatic hydroxyl groups is 1. The van der Waals surface area contributed by atoms with Crippen LogP contribution in [0.3, 0.4) is 0 Å². The van der Waals surface area contributed by atoms with Crippen LogP contribution in [0.5, 0.6) is 11.5 Å². The minimum absolute atomic E-state index is 0. The number of alkyl halides is 3. The fraction of sp³-hybridized carbons (Fsp3) is 0.625. The van der Waals surface area contributed by atoms with Gasteiger partial charge in [0.15, 0.2) is 11.5 Å². The maximum atomic E-state index is 12.5. The Labute approximate surface area is 158 Å². The second-order valence-corrected chi connectivity index (χ2v) is 6.17. The molecule has 0 bridgehead atoms. The standard InChI is InChI=1S/C16H23F3N2O2.2ClH/c1-11(2)10-13(21-8-6-20-7-9-21)12-4-3-5-14(15(12)22)23-16(17,18)19;;/h3-5,11,13,20,22H,6-10H2,1-2H3;2*1H/t13-;;/m0../s1. The molecule has 25 heavy (non-hydrogen) atoms. The average Bonchev–Trinajstić information content (AvgIpc) is 2.47. The smallest absolute Gasteiger partial charge is 0.504 e. The van der Waals surface area contributed by atoms with Crippen molar-refractivity contribution in [2.24, 2.45) is 5.92 Å². The Hall–Kier alpha value is -0.890. The van der Waals surface area contributed by atoms with E-state index in [2.05, 4.69) is 28.8 Å². The zero-order chi connectivity index (χ0) is 17.0. The molecular weight excluding hydrogens is 380 g/mol. The van der Waals surface area contributed by atoms with Crippen molar-refractivity contribution in [3.63, 3.8) is 0 Å². The van der Waals surface area contributed by atoms with Crippen LogP contribution in [0.15, 0.2) is 18.2 Å². The van der Waals surface area contributed by atoms with Gasteiger partial charge in [0.2, 0.25) is 0 Å². The number of hydrogen-bond acceptors (Lipinski definition) is 4. The molecule has 0 unspecified atom stereocenters. The van der Waals surface area contributed by atoms with E-state index in [-0.39, 0.29) is 30.9 Å². The first-order valence-corrected chi connectivity index (χ1v) is 7.80. The first-order valence-electron chi connectivity index (χ1n) is 7.80. The van der Waals surface area contributed by atoms with E-state index in [1.165, 1.54) is 6.07 Å². The van der Waals surface area contributed by atoms with E-state index in [1.807, 2.05) is 0 Å². The highest BCUT2D eigenvalue weighted by molar-refractivity contribution is 5.85. The number of phenolic OH excluding ortho intramolecular Hbond substituents is 1. The lowest BCUT2D eigenvalue weighted by Crippen LogP contribution is -2.45. The van der Waals surface area contributed by atoms with Crippen LogP contribution in [-0.4, -0.2) is 42.5 Å². The number of nitrogens with one attached hydrogen (secondary N) is 1. The van der Waals surface area contributed by atoms with Crippen molar-refractivity contribution in [1.29, 1.82) is 0 Å². The molecule has 0 saturated carbocycles. The molecule has 1 heterocycles. The van der Waals surface area contributed by atoms with Gasteiger partial charge in [0, 0.05) is 37.8 Å². The van der Waals surface area contributed by atoms with Crippen LogP contribution in [0, 0.1) is 5.92 Å². The molecule has 1 aliphatic rings. The third-order valence-corrected chi connectivity index (χ3v) is 3.90. The van der Waals surface area contributed by atoms with E-state index in [4.69, 9.17) is 0 Å². The maximum absolute atomic E-state index is 12.5. The topological polar surface area (TPSA) is 44.7 Å². The molecule has 0 spiro atoms. The Balaban J connectivity index is 0.00000288. The largest absolute Gasteiger partial charge is 0.573 e. The number of benzene rings is 1. The van der Waals surface area contributed by atoms with E-state index in [1.54, 1.807) is 6.07 Å². The summed E-state index contributed by atoms with van der Waals surface area (Å²) in [5, 5.41) is 13.6. The number of hydrogen-bond donors (Lipinski definition) is 2. The highest BCUT2D eigenvalue weighted by Crippen LogP contribution is 2.40. The van der Waals surface area contributed by atoms with Gasteiger partial charge in [-0.3, -0.25) is 4.90 Å². The highest BCUT2D eigenvalue weighted by Gasteiger charge is 2.34. The van der Waals surface area contributed by atoms with E-state index in [0.29, 0.717) is 11.5 Å². The molecule has 1 aromatic carbocycles. The molecule has 1 saturated heterocycles. The summed E-state index contributed by atoms with van der Waals surface area (Å²) in [5.74, 6) is -0.616. The third-order valence-electron chi connectivity index (χ3n) is 3.90. The quantitative estimate of drug-likeness (QED) is 0.774. The van der Waals surface area contributed by atoms with Gasteiger partial charge >= 0.3 is 6.36 Å². The number of phenols is 1. The summed E-state index contributed by atoms with van der Waals surface area (Å²) in [6, 6.07) is 4.17. The molecule has 146 valence electrons. The predicted molar refractivity (Wildman–Crippen MR) is 95.9 cm³/mol. The lowest BCUT2D eigenvalue weighted by Gasteiger charge is -2.36. The summed E-state index contributed by atoms with van der Waals surface area (Å²) in [6.07, 6.45) is -4.07. The zero-order valence-corrected chi connectivity index (χ0v) is 15.8. The van der Waals surface area contributed by atoms with Gasteiger partial charge < -0.3 is 15.2 Å². The molecule has 2 N–H and O–H groups in total. The van der Waals surface area contributed by atoms with E-state index in [0.717, 1.165) is 38.7 Å². The molecule has 1 atom stereocenters. The second kappa shape index (κ2) is 10.3. The number of ether oxygens (including phenoxy) is 1. The van der Waals surface area contributed by atoms with Crippen molar-refractivity contribution in [2.45, 2.75) is 32.7 Å². The van der Waals surface area contributed by atoms with Crippen molar-refractivity contribution in [3.05, 3.63) is 23.8 Å². The minimum Gasteiger partial charge on any atom is -0.504 e. The van der Waals surface area contributed by atoms with Gasteiger partial charge in [-0.2, -0.15) is 0 Å². The fourth-order valence-corrected chi connectivity index (χ4v) is 2.93. The van der Waals surface area contributed by atoms with E-state index in [9.17, 15) is 18.3 Å². The molecule has 4 nitrogen and oxygen atoms in total. The van der Waals surface area contributed by atoms with Gasteiger partial charge in [0.25, 0.3) is 0 Å². The third kappa shape index (κ3) is 7.09. The summed E-state index contributed by atoms with van der Waals surface area (Å²) in [4.78, 5) is 2.20. The van der Waals surface area contributed by atoms with Crippen LogP contribution in [0.2, 0.25) is 0 Å². The van der Waals surface area contributed by atoms with Gasteiger partial charge in [0.1, 0.15) is 0 Å². The summed E-state index contributed by atoms with van der Waals surface area (Å²) < 4.78 is 41.3. The van der Waals surface area contributed by atoms with Crippen molar-refractivity contribution < 1.29 is 23.0 Å². The Kier molecular flexibility index (Phi) is 9.94. The van der Waals surface area contributed by atoms with Crippen LogP contribution in [0.1, 0.15) is 31.9 Å². The number of piperazine rings is 1. The summed E-state index contributed by atoms with van der Waals surface area (Å²) in [7, 11) is 0. The van der Waals surface area contributed by atoms with E-state index >= 15 is 0 Å². The van der Waals surface area contributed by atoms with E-state index < -0.39 is 17.9 Å². The zero-order valence-electron chi connectivity index (χ0n) is 14.2. The molecule has 1 aromatic rings. The first kappa shape index (κ1) is 24.1. The molecule has 0 aromatic heterocycles. The normalized spacial score (nSPS) is 16.7. The summed E-state index contributed by atoms with van der Waals surface area (Å²) >= 11 is 0. The van der Waals surface area contributed by atoms with Crippen LogP contribution in [-0.2, 0) is 0 Å². The number of para-hydroxylation sites is 1. The van der Waals surface area contributed by atoms with Gasteiger partial charge in [-0.25, -0.2) is 0 Å². The van der Waals surface area contributed by atoms with Gasteiger partial charge in [-0.15, -0.1) is 38.0 Å². The molecular formula is C16H25Cl2F3N2O2. The number of rotatable bonds is 5. The Morgan fingerprint density at radius 1 is 1.20 bits per heavy atom. The van der Waals surface area contributed by atoms with Crippen molar-refractivity contribution >= 4 is 24.8 Å². The summed E-state index contributed by atoms with van der Waals surface area (Å²) in [6.45, 7) is 7.36. The number of nitrogens with zero attached hydrogens (tertiary/aromatic N) is 1. The maximum Gasteiger partial charge on any atom is 0.573 e. The van der Waals surface area contributed by atoms with Crippen LogP contribution >= 0.6 is 24.8 Å². The molecule has 0 radical (unpaired) electrons. The monoisotopic (exact) mass is 404 g/mol. The van der Waals surface area contributed by atoms with Crippen molar-refractivity contribution in [2.75, 3.05) is 26.2 Å². The molecule has 1 fully saturated rings. The Bertz CT molecular complexity index is 525. The molecule has 9 heteroatoms. The molecule has 0 amide bonds. The molecule has 1 aliphatic heterocycles. The second-order valence-electron chi connectivity index (χ2n) is 6.17. The van der Waals surface area contributed by atoms with Gasteiger partial charge in [0.05, 0.1) is 0 Å². The van der Waals surface area contributed by atoms with Gasteiger partial charge in [-0.1, -0.05) is 26.0 Å². The van der Waals surface area contributed by atoms with Crippen molar-refractivity contribution in [3.8, 4) is 11.5 Å². The van der Waals surface area contributed by atoms with Crippen LogP contribution in [0.25, 0.3) is 0 Å².